The fourth-order valence-electron chi connectivity index (χ4n) is 4.39. The monoisotopic (exact) mass is 325 g/mol. The van der Waals surface area contributed by atoms with Gasteiger partial charge in [0.15, 0.2) is 0 Å². The number of amides is 1. The van der Waals surface area contributed by atoms with Crippen molar-refractivity contribution in [1.82, 2.24) is 14.5 Å². The van der Waals surface area contributed by atoms with E-state index in [1.807, 2.05) is 23.1 Å². The third-order valence-electron chi connectivity index (χ3n) is 5.60. The average molecular weight is 325 g/mol. The highest BCUT2D eigenvalue weighted by atomic mass is 16.2. The highest BCUT2D eigenvalue weighted by Crippen LogP contribution is 2.35. The Morgan fingerprint density at radius 3 is 2.75 bits per heavy atom. The predicted octanol–water partition coefficient (Wildman–Crippen LogP) is 2.58. The van der Waals surface area contributed by atoms with Gasteiger partial charge in [-0.3, -0.25) is 14.2 Å². The Morgan fingerprint density at radius 2 is 1.92 bits per heavy atom. The van der Waals surface area contributed by atoms with Crippen LogP contribution in [0.1, 0.15) is 38.5 Å². The van der Waals surface area contributed by atoms with Crippen molar-refractivity contribution in [2.45, 2.75) is 51.1 Å². The maximum atomic E-state index is 12.8. The number of nitrogens with zero attached hydrogens (tertiary/aromatic N) is 3. The van der Waals surface area contributed by atoms with E-state index in [-0.39, 0.29) is 18.0 Å². The van der Waals surface area contributed by atoms with Gasteiger partial charge in [0.1, 0.15) is 6.54 Å². The second-order valence-electron chi connectivity index (χ2n) is 7.04. The minimum atomic E-state index is -0.134. The second-order valence-corrected chi connectivity index (χ2v) is 7.04. The van der Waals surface area contributed by atoms with E-state index in [1.54, 1.807) is 6.07 Å². The molecule has 2 aliphatic rings. The van der Waals surface area contributed by atoms with Gasteiger partial charge in [0.2, 0.25) is 5.91 Å². The van der Waals surface area contributed by atoms with Crippen LogP contribution >= 0.6 is 0 Å². The van der Waals surface area contributed by atoms with Crippen LogP contribution in [0.15, 0.2) is 35.4 Å². The summed E-state index contributed by atoms with van der Waals surface area (Å²) in [5, 5.41) is 0.571. The molecule has 1 aromatic carbocycles. The summed E-state index contributed by atoms with van der Waals surface area (Å²) in [5.41, 5.74) is 0.543. The van der Waals surface area contributed by atoms with Gasteiger partial charge in [-0.2, -0.15) is 0 Å². The van der Waals surface area contributed by atoms with Gasteiger partial charge in [0.05, 0.1) is 17.2 Å². The van der Waals surface area contributed by atoms with E-state index >= 15 is 0 Å². The van der Waals surface area contributed by atoms with Gasteiger partial charge in [-0.1, -0.05) is 25.0 Å². The van der Waals surface area contributed by atoms with Crippen LogP contribution < -0.4 is 5.56 Å². The predicted molar refractivity (Wildman–Crippen MR) is 92.7 cm³/mol. The number of hydrogen-bond acceptors (Lipinski definition) is 3. The Balaban J connectivity index is 1.55. The quantitative estimate of drug-likeness (QED) is 0.871. The fourth-order valence-corrected chi connectivity index (χ4v) is 4.39. The molecule has 4 rings (SSSR count). The average Bonchev–Trinajstić information content (AvgIpc) is 3.28. The van der Waals surface area contributed by atoms with Crippen LogP contribution in [0.4, 0.5) is 0 Å². The number of aromatic nitrogens is 2. The maximum Gasteiger partial charge on any atom is 0.261 e. The molecule has 5 nitrogen and oxygen atoms in total. The molecule has 1 aliphatic heterocycles. The van der Waals surface area contributed by atoms with Crippen LogP contribution in [0.5, 0.6) is 0 Å². The zero-order valence-corrected chi connectivity index (χ0v) is 13.9. The van der Waals surface area contributed by atoms with Crippen LogP contribution in [0.3, 0.4) is 0 Å². The Morgan fingerprint density at radius 1 is 1.12 bits per heavy atom. The minimum absolute atomic E-state index is 0.0589. The highest BCUT2D eigenvalue weighted by Gasteiger charge is 2.35. The lowest BCUT2D eigenvalue weighted by molar-refractivity contribution is -0.133. The molecule has 1 unspecified atom stereocenters. The van der Waals surface area contributed by atoms with Crippen molar-refractivity contribution in [3.8, 4) is 0 Å². The lowest BCUT2D eigenvalue weighted by atomic mass is 9.96. The number of para-hydroxylation sites is 1. The van der Waals surface area contributed by atoms with Crippen molar-refractivity contribution in [2.75, 3.05) is 6.54 Å². The molecule has 24 heavy (non-hydrogen) atoms. The summed E-state index contributed by atoms with van der Waals surface area (Å²) in [6, 6.07) is 7.65. The third-order valence-corrected chi connectivity index (χ3v) is 5.60. The first-order chi connectivity index (χ1) is 11.7. The van der Waals surface area contributed by atoms with Gasteiger partial charge in [0.25, 0.3) is 5.56 Å². The summed E-state index contributed by atoms with van der Waals surface area (Å²) in [4.78, 5) is 31.7. The molecule has 1 saturated carbocycles. The molecule has 2 fully saturated rings. The molecule has 2 aromatic rings. The van der Waals surface area contributed by atoms with E-state index in [2.05, 4.69) is 4.98 Å². The van der Waals surface area contributed by atoms with E-state index in [0.717, 1.165) is 19.4 Å². The molecule has 2 heterocycles. The summed E-state index contributed by atoms with van der Waals surface area (Å²) >= 11 is 0. The third kappa shape index (κ3) is 2.72. The van der Waals surface area contributed by atoms with Crippen molar-refractivity contribution in [3.63, 3.8) is 0 Å². The maximum absolute atomic E-state index is 12.8. The molecule has 5 heteroatoms. The number of fused-ring (bicyclic) bond motifs is 1. The van der Waals surface area contributed by atoms with Crippen LogP contribution in [0.25, 0.3) is 10.9 Å². The number of rotatable bonds is 3. The normalized spacial score (nSPS) is 21.7. The molecule has 126 valence electrons. The van der Waals surface area contributed by atoms with E-state index in [9.17, 15) is 9.59 Å². The molecule has 1 aliphatic carbocycles. The topological polar surface area (TPSA) is 55.2 Å². The first kappa shape index (κ1) is 15.4. The first-order valence-corrected chi connectivity index (χ1v) is 8.98. The first-order valence-electron chi connectivity index (χ1n) is 8.98. The Bertz CT molecular complexity index is 808. The van der Waals surface area contributed by atoms with Crippen LogP contribution in [-0.4, -0.2) is 32.9 Å². The van der Waals surface area contributed by atoms with Crippen molar-refractivity contribution in [3.05, 3.63) is 40.9 Å². The number of hydrogen-bond donors (Lipinski definition) is 0. The Labute approximate surface area is 141 Å². The van der Waals surface area contributed by atoms with Gasteiger partial charge in [0, 0.05) is 12.6 Å². The molecule has 0 spiro atoms. The van der Waals surface area contributed by atoms with Crippen molar-refractivity contribution in [2.24, 2.45) is 5.92 Å². The van der Waals surface area contributed by atoms with Crippen molar-refractivity contribution >= 4 is 16.8 Å². The van der Waals surface area contributed by atoms with E-state index < -0.39 is 0 Å². The summed E-state index contributed by atoms with van der Waals surface area (Å²) in [5.74, 6) is 0.714. The zero-order chi connectivity index (χ0) is 16.5. The molecular formula is C19H23N3O2. The molecule has 0 radical (unpaired) electrons. The zero-order valence-electron chi connectivity index (χ0n) is 13.9. The smallest absolute Gasteiger partial charge is 0.261 e. The van der Waals surface area contributed by atoms with Crippen LogP contribution in [0.2, 0.25) is 0 Å². The highest BCUT2D eigenvalue weighted by molar-refractivity contribution is 5.79. The molecule has 1 atom stereocenters. The minimum Gasteiger partial charge on any atom is -0.338 e. The number of carbonyl (C=O) groups excluding carboxylic acids is 1. The van der Waals surface area contributed by atoms with Gasteiger partial charge < -0.3 is 4.90 Å². The molecule has 1 aromatic heterocycles. The SMILES string of the molecule is O=C(Cn1cnc2ccccc2c1=O)N1CCCC1C1CCCC1. The van der Waals surface area contributed by atoms with Gasteiger partial charge in [-0.15, -0.1) is 0 Å². The summed E-state index contributed by atoms with van der Waals surface area (Å²) < 4.78 is 1.45. The van der Waals surface area contributed by atoms with Crippen molar-refractivity contribution < 1.29 is 4.79 Å². The van der Waals surface area contributed by atoms with Gasteiger partial charge in [-0.05, 0) is 43.7 Å². The van der Waals surface area contributed by atoms with Gasteiger partial charge in [-0.25, -0.2) is 4.98 Å². The van der Waals surface area contributed by atoms with E-state index in [4.69, 9.17) is 0 Å². The molecule has 1 saturated heterocycles. The molecule has 0 N–H and O–H groups in total. The largest absolute Gasteiger partial charge is 0.338 e. The summed E-state index contributed by atoms with van der Waals surface area (Å²) in [6.07, 6.45) is 8.76. The fraction of sp³-hybridized carbons (Fsp3) is 0.526. The lowest BCUT2D eigenvalue weighted by Crippen LogP contribution is -2.42. The molecule has 1 amide bonds. The molecular weight excluding hydrogens is 302 g/mol. The van der Waals surface area contributed by atoms with E-state index in [1.165, 1.54) is 36.6 Å². The summed E-state index contributed by atoms with van der Waals surface area (Å²) in [6.45, 7) is 0.926. The standard InChI is InChI=1S/C19H23N3O2/c23-18(22-11-5-10-17(22)14-6-1-2-7-14)12-21-13-20-16-9-4-3-8-15(16)19(21)24/h3-4,8-9,13-14,17H,1-2,5-7,10-12H2. The van der Waals surface area contributed by atoms with Crippen LogP contribution in [0, 0.1) is 5.92 Å². The second kappa shape index (κ2) is 6.38. The number of likely N-dealkylation sites (tertiary alicyclic amines) is 1. The Kier molecular flexibility index (Phi) is 4.08. The number of benzene rings is 1. The van der Waals surface area contributed by atoms with Gasteiger partial charge >= 0.3 is 0 Å². The van der Waals surface area contributed by atoms with Crippen molar-refractivity contribution in [1.29, 1.82) is 0 Å². The summed E-state index contributed by atoms with van der Waals surface area (Å²) in [7, 11) is 0. The lowest BCUT2D eigenvalue weighted by Gasteiger charge is -2.29. The van der Waals surface area contributed by atoms with Crippen LogP contribution in [-0.2, 0) is 11.3 Å². The Hall–Kier alpha value is -2.17. The van der Waals surface area contributed by atoms with E-state index in [0.29, 0.717) is 22.9 Å². The molecule has 0 bridgehead atoms. The number of carbonyl (C=O) groups is 1.